The molecule has 2 atom stereocenters. The predicted octanol–water partition coefficient (Wildman–Crippen LogP) is 22.4. The van der Waals surface area contributed by atoms with Gasteiger partial charge in [-0.1, -0.05) is 302 Å². The van der Waals surface area contributed by atoms with E-state index in [0.717, 1.165) is 116 Å². The molecule has 0 aliphatic carbocycles. The van der Waals surface area contributed by atoms with E-state index in [1.54, 1.807) is 0 Å². The van der Waals surface area contributed by atoms with Crippen molar-refractivity contribution in [3.05, 3.63) is 122 Å². The van der Waals surface area contributed by atoms with E-state index in [1.165, 1.54) is 148 Å². The van der Waals surface area contributed by atoms with E-state index in [9.17, 15) is 19.0 Å². The number of phosphoric acid groups is 1. The molecule has 2 unspecified atom stereocenters. The Kier molecular flexibility index (Phi) is 63.1. The van der Waals surface area contributed by atoms with Crippen molar-refractivity contribution < 1.29 is 42.1 Å². The molecule has 0 saturated carbocycles. The number of unbranched alkanes of at least 4 members (excludes halogenated alkanes) is 30. The Morgan fingerprint density at radius 3 is 0.930 bits per heavy atom. The van der Waals surface area contributed by atoms with Crippen molar-refractivity contribution in [1.29, 1.82) is 0 Å². The Bertz CT molecular complexity index is 1870. The third-order valence-electron chi connectivity index (χ3n) is 15.0. The van der Waals surface area contributed by atoms with E-state index in [1.807, 2.05) is 21.1 Å². The molecule has 0 N–H and O–H groups in total. The van der Waals surface area contributed by atoms with E-state index < -0.39 is 26.5 Å². The minimum Gasteiger partial charge on any atom is -0.756 e. The molecule has 0 rings (SSSR count). The highest BCUT2D eigenvalue weighted by Crippen LogP contribution is 2.38. The molecule has 0 aliphatic rings. The molecule has 0 saturated heterocycles. The molecule has 0 aliphatic heterocycles. The molecule has 9 nitrogen and oxygen atoms in total. The smallest absolute Gasteiger partial charge is 0.306 e. The number of ether oxygens (including phenoxy) is 2. The first-order chi connectivity index (χ1) is 42.0. The highest BCUT2D eigenvalue weighted by atomic mass is 31.2. The summed E-state index contributed by atoms with van der Waals surface area (Å²) in [5.41, 5.74) is 0. The molecule has 0 aromatic heterocycles. The molecule has 0 amide bonds. The van der Waals surface area contributed by atoms with Gasteiger partial charge in [0.25, 0.3) is 7.82 Å². The summed E-state index contributed by atoms with van der Waals surface area (Å²) < 4.78 is 34.3. The lowest BCUT2D eigenvalue weighted by Crippen LogP contribution is -2.37. The summed E-state index contributed by atoms with van der Waals surface area (Å²) in [6, 6.07) is 0. The Labute approximate surface area is 530 Å². The van der Waals surface area contributed by atoms with Gasteiger partial charge in [0.2, 0.25) is 0 Å². The average Bonchev–Trinajstić information content (AvgIpc) is 3.67. The van der Waals surface area contributed by atoms with E-state index in [4.69, 9.17) is 18.5 Å². The van der Waals surface area contributed by atoms with Gasteiger partial charge in [-0.25, -0.2) is 0 Å². The van der Waals surface area contributed by atoms with Gasteiger partial charge in [-0.05, 0) is 103 Å². The van der Waals surface area contributed by atoms with Crippen LogP contribution in [-0.2, 0) is 32.7 Å². The first-order valence-electron chi connectivity index (χ1n) is 35.2. The minimum absolute atomic E-state index is 0.0353. The Balaban J connectivity index is 4.02. The topological polar surface area (TPSA) is 111 Å². The van der Waals surface area contributed by atoms with Gasteiger partial charge in [-0.2, -0.15) is 0 Å². The zero-order valence-corrected chi connectivity index (χ0v) is 57.1. The number of allylic oxidation sites excluding steroid dienone is 20. The summed E-state index contributed by atoms with van der Waals surface area (Å²) in [5, 5.41) is 0. The quantitative estimate of drug-likeness (QED) is 0.0195. The average molecular weight is 1220 g/mol. The number of carbonyl (C=O) groups is 2. The lowest BCUT2D eigenvalue weighted by Gasteiger charge is -2.28. The molecule has 0 aromatic carbocycles. The second-order valence-corrected chi connectivity index (χ2v) is 25.9. The summed E-state index contributed by atoms with van der Waals surface area (Å²) in [6.45, 7) is 4.03. The van der Waals surface area contributed by atoms with Gasteiger partial charge in [-0.15, -0.1) is 0 Å². The van der Waals surface area contributed by atoms with Gasteiger partial charge in [0.05, 0.1) is 27.7 Å². The van der Waals surface area contributed by atoms with Crippen LogP contribution in [0, 0.1) is 0 Å². The lowest BCUT2D eigenvalue weighted by atomic mass is 10.0. The molecule has 0 radical (unpaired) electrons. The van der Waals surface area contributed by atoms with Crippen LogP contribution in [0.1, 0.15) is 296 Å². The third kappa shape index (κ3) is 69.5. The van der Waals surface area contributed by atoms with Crippen LogP contribution >= 0.6 is 7.82 Å². The molecule has 0 spiro atoms. The standard InChI is InChI=1S/C76H132NO8P/c1-6-8-10-12-14-16-18-20-22-24-26-28-30-32-33-34-35-36-37-38-39-40-41-42-43-45-47-49-51-53-55-57-59-61-63-65-67-69-76(79)85-74(73-84-86(80,81)83-71-70-77(3,4)5)72-82-75(78)68-66-64-62-60-58-56-54-52-50-48-46-44-31-29-27-25-23-21-19-17-15-13-11-9-7-2/h8-11,14-17,20-23,26-29,32-33,44,46,74H,6-7,12-13,18-19,24-25,30-31,34-43,45,47-73H2,1-5H3/b10-8-,11-9-,16-14-,17-15-,22-20-,23-21-,28-26-,29-27-,33-32-,46-44-. The number of quaternary nitrogens is 1. The predicted molar refractivity (Wildman–Crippen MR) is 369 cm³/mol. The first kappa shape index (κ1) is 82.4. The summed E-state index contributed by atoms with van der Waals surface area (Å²) >= 11 is 0. The number of hydrogen-bond acceptors (Lipinski definition) is 8. The van der Waals surface area contributed by atoms with Crippen molar-refractivity contribution >= 4 is 19.8 Å². The summed E-state index contributed by atoms with van der Waals surface area (Å²) in [6.07, 6.45) is 94.2. The Morgan fingerprint density at radius 1 is 0.360 bits per heavy atom. The van der Waals surface area contributed by atoms with E-state index in [0.29, 0.717) is 17.4 Å². The molecule has 494 valence electrons. The van der Waals surface area contributed by atoms with Crippen molar-refractivity contribution in [2.45, 2.75) is 302 Å². The molecular formula is C76H132NO8P. The Morgan fingerprint density at radius 2 is 0.628 bits per heavy atom. The number of hydrogen-bond donors (Lipinski definition) is 0. The van der Waals surface area contributed by atoms with Gasteiger partial charge in [0.1, 0.15) is 19.8 Å². The maximum Gasteiger partial charge on any atom is 0.306 e. The fraction of sp³-hybridized carbons (Fsp3) is 0.711. The minimum atomic E-state index is -4.65. The maximum atomic E-state index is 12.9. The number of carbonyl (C=O) groups excluding carboxylic acids is 2. The number of likely N-dealkylation sites (N-methyl/N-ethyl adjacent to an activating group) is 1. The van der Waals surface area contributed by atoms with E-state index in [2.05, 4.69) is 135 Å². The normalized spacial score (nSPS) is 13.9. The summed E-state index contributed by atoms with van der Waals surface area (Å²) in [4.78, 5) is 38.1. The molecule has 0 heterocycles. The van der Waals surface area contributed by atoms with Crippen molar-refractivity contribution in [3.63, 3.8) is 0 Å². The second-order valence-electron chi connectivity index (χ2n) is 24.5. The van der Waals surface area contributed by atoms with Gasteiger partial charge in [0.15, 0.2) is 6.10 Å². The number of phosphoric ester groups is 1. The van der Waals surface area contributed by atoms with Crippen LogP contribution < -0.4 is 4.89 Å². The second kappa shape index (κ2) is 65.8. The zero-order chi connectivity index (χ0) is 62.6. The van der Waals surface area contributed by atoms with Gasteiger partial charge in [0, 0.05) is 12.8 Å². The number of rotatable bonds is 64. The summed E-state index contributed by atoms with van der Waals surface area (Å²) in [5.74, 6) is -0.835. The van der Waals surface area contributed by atoms with Crippen molar-refractivity contribution in [1.82, 2.24) is 0 Å². The number of nitrogens with zero attached hydrogens (tertiary/aromatic N) is 1. The molecular weight excluding hydrogens is 1090 g/mol. The van der Waals surface area contributed by atoms with Gasteiger partial charge in [-0.3, -0.25) is 14.2 Å². The highest BCUT2D eigenvalue weighted by Gasteiger charge is 2.22. The lowest BCUT2D eigenvalue weighted by molar-refractivity contribution is -0.870. The fourth-order valence-electron chi connectivity index (χ4n) is 9.65. The SMILES string of the molecule is CC/C=C\C/C=C\C/C=C\C/C=C\C/C=C\CCCCCCCCCCCCCCCCCCCCCCCC(=O)OC(COC(=O)CCCCCCCCCCC/C=C\C/C=C\C/C=C\C/C=C\C/C=C\CC)COP(=O)([O-])OCC[N+](C)(C)C. The van der Waals surface area contributed by atoms with Crippen LogP contribution in [0.5, 0.6) is 0 Å². The fourth-order valence-corrected chi connectivity index (χ4v) is 10.4. The van der Waals surface area contributed by atoms with Crippen LogP contribution in [0.25, 0.3) is 0 Å². The van der Waals surface area contributed by atoms with Gasteiger partial charge >= 0.3 is 11.9 Å². The van der Waals surface area contributed by atoms with Crippen molar-refractivity contribution in [3.8, 4) is 0 Å². The molecule has 0 bridgehead atoms. The van der Waals surface area contributed by atoms with Crippen LogP contribution in [-0.4, -0.2) is 70.0 Å². The Hall–Kier alpha value is -3.59. The van der Waals surface area contributed by atoms with Crippen LogP contribution in [0.2, 0.25) is 0 Å². The molecule has 10 heteroatoms. The summed E-state index contributed by atoms with van der Waals surface area (Å²) in [7, 11) is 1.16. The van der Waals surface area contributed by atoms with Gasteiger partial charge < -0.3 is 27.9 Å². The zero-order valence-electron chi connectivity index (χ0n) is 56.2. The molecule has 0 fully saturated rings. The number of esters is 2. The van der Waals surface area contributed by atoms with E-state index >= 15 is 0 Å². The molecule has 86 heavy (non-hydrogen) atoms. The highest BCUT2D eigenvalue weighted by molar-refractivity contribution is 7.45. The van der Waals surface area contributed by atoms with Crippen LogP contribution in [0.15, 0.2) is 122 Å². The van der Waals surface area contributed by atoms with E-state index in [-0.39, 0.29) is 32.0 Å². The third-order valence-corrected chi connectivity index (χ3v) is 15.9. The monoisotopic (exact) mass is 1220 g/mol. The van der Waals surface area contributed by atoms with Crippen molar-refractivity contribution in [2.24, 2.45) is 0 Å². The van der Waals surface area contributed by atoms with Crippen LogP contribution in [0.4, 0.5) is 0 Å². The molecule has 0 aromatic rings. The van der Waals surface area contributed by atoms with Crippen LogP contribution in [0.3, 0.4) is 0 Å². The first-order valence-corrected chi connectivity index (χ1v) is 36.7. The largest absolute Gasteiger partial charge is 0.756 e. The maximum absolute atomic E-state index is 12.9. The van der Waals surface area contributed by atoms with Crippen molar-refractivity contribution in [2.75, 3.05) is 47.5 Å².